The van der Waals surface area contributed by atoms with Gasteiger partial charge in [0.25, 0.3) is 5.91 Å². The van der Waals surface area contributed by atoms with Crippen LogP contribution in [0.1, 0.15) is 18.9 Å². The van der Waals surface area contributed by atoms with E-state index in [0.29, 0.717) is 17.9 Å². The first-order valence-electron chi connectivity index (χ1n) is 6.70. The molecule has 0 saturated carbocycles. The Morgan fingerprint density at radius 2 is 2.19 bits per heavy atom. The van der Waals surface area contributed by atoms with Crippen LogP contribution in [0, 0.1) is 11.3 Å². The highest BCUT2D eigenvalue weighted by Gasteiger charge is 2.13. The number of hydrogen-bond donors (Lipinski definition) is 1. The maximum atomic E-state index is 11.8. The summed E-state index contributed by atoms with van der Waals surface area (Å²) in [6.45, 7) is 2.38. The quantitative estimate of drug-likeness (QED) is 0.809. The predicted molar refractivity (Wildman–Crippen MR) is 77.6 cm³/mol. The third-order valence-corrected chi connectivity index (χ3v) is 2.70. The Bertz CT molecular complexity index is 537. The maximum Gasteiger partial charge on any atom is 0.260 e. The fourth-order valence-corrected chi connectivity index (χ4v) is 1.53. The number of benzene rings is 1. The van der Waals surface area contributed by atoms with E-state index in [1.807, 2.05) is 13.0 Å². The Morgan fingerprint density at radius 3 is 2.86 bits per heavy atom. The number of nitrogens with one attached hydrogen (secondary N) is 1. The number of nitrogens with zero attached hydrogens (tertiary/aromatic N) is 2. The van der Waals surface area contributed by atoms with Crippen LogP contribution in [-0.4, -0.2) is 43.5 Å². The zero-order valence-electron chi connectivity index (χ0n) is 12.3. The molecule has 1 aromatic carbocycles. The van der Waals surface area contributed by atoms with Gasteiger partial charge >= 0.3 is 0 Å². The van der Waals surface area contributed by atoms with Crippen molar-refractivity contribution in [3.63, 3.8) is 0 Å². The van der Waals surface area contributed by atoms with E-state index in [0.717, 1.165) is 6.42 Å². The van der Waals surface area contributed by atoms with Crippen molar-refractivity contribution in [2.24, 2.45) is 0 Å². The van der Waals surface area contributed by atoms with Gasteiger partial charge in [-0.1, -0.05) is 13.0 Å². The minimum atomic E-state index is -0.302. The molecule has 0 radical (unpaired) electrons. The van der Waals surface area contributed by atoms with Crippen molar-refractivity contribution in [2.75, 3.05) is 26.7 Å². The van der Waals surface area contributed by atoms with Gasteiger partial charge in [0, 0.05) is 13.6 Å². The Balaban J connectivity index is 2.42. The molecule has 1 aromatic rings. The fourth-order valence-electron chi connectivity index (χ4n) is 1.53. The van der Waals surface area contributed by atoms with Crippen molar-refractivity contribution in [1.82, 2.24) is 10.2 Å². The summed E-state index contributed by atoms with van der Waals surface area (Å²) in [6.07, 6.45) is 0.849. The first-order chi connectivity index (χ1) is 10.1. The van der Waals surface area contributed by atoms with Crippen molar-refractivity contribution in [3.05, 3.63) is 29.8 Å². The van der Waals surface area contributed by atoms with E-state index in [9.17, 15) is 9.59 Å². The first-order valence-corrected chi connectivity index (χ1v) is 6.70. The lowest BCUT2D eigenvalue weighted by molar-refractivity contribution is -0.136. The van der Waals surface area contributed by atoms with Gasteiger partial charge in [-0.3, -0.25) is 9.59 Å². The number of carbonyl (C=O) groups is 2. The summed E-state index contributed by atoms with van der Waals surface area (Å²) in [5, 5.41) is 11.5. The Kier molecular flexibility index (Phi) is 6.75. The molecule has 0 aliphatic rings. The number of amides is 2. The summed E-state index contributed by atoms with van der Waals surface area (Å²) < 4.78 is 5.32. The number of hydrogen-bond acceptors (Lipinski definition) is 4. The minimum Gasteiger partial charge on any atom is -0.484 e. The summed E-state index contributed by atoms with van der Waals surface area (Å²) in [4.78, 5) is 24.6. The number of likely N-dealkylation sites (N-methyl/N-ethyl adjacent to an activating group) is 1. The topological polar surface area (TPSA) is 82.4 Å². The molecule has 6 heteroatoms. The smallest absolute Gasteiger partial charge is 0.260 e. The molecule has 0 aliphatic heterocycles. The van der Waals surface area contributed by atoms with Crippen molar-refractivity contribution in [2.45, 2.75) is 13.3 Å². The molecule has 6 nitrogen and oxygen atoms in total. The zero-order chi connectivity index (χ0) is 15.7. The van der Waals surface area contributed by atoms with Crippen LogP contribution in [0.2, 0.25) is 0 Å². The molecule has 0 saturated heterocycles. The van der Waals surface area contributed by atoms with Crippen LogP contribution in [0.3, 0.4) is 0 Å². The third kappa shape index (κ3) is 5.95. The van der Waals surface area contributed by atoms with Crippen molar-refractivity contribution >= 4 is 11.8 Å². The van der Waals surface area contributed by atoms with Gasteiger partial charge in [-0.05, 0) is 24.6 Å². The maximum absolute atomic E-state index is 11.8. The van der Waals surface area contributed by atoms with Crippen LogP contribution in [0.25, 0.3) is 0 Å². The van der Waals surface area contributed by atoms with E-state index in [2.05, 4.69) is 5.32 Å². The Labute approximate surface area is 124 Å². The van der Waals surface area contributed by atoms with Crippen molar-refractivity contribution in [1.29, 1.82) is 5.26 Å². The second kappa shape index (κ2) is 8.59. The molecule has 1 N–H and O–H groups in total. The van der Waals surface area contributed by atoms with E-state index in [-0.39, 0.29) is 25.0 Å². The average Bonchev–Trinajstić information content (AvgIpc) is 2.50. The molecule has 112 valence electrons. The van der Waals surface area contributed by atoms with Gasteiger partial charge in [0.1, 0.15) is 5.75 Å². The molecule has 0 fully saturated rings. The molecule has 0 heterocycles. The van der Waals surface area contributed by atoms with E-state index in [1.165, 1.54) is 4.90 Å². The number of nitriles is 1. The third-order valence-electron chi connectivity index (χ3n) is 2.70. The summed E-state index contributed by atoms with van der Waals surface area (Å²) in [5.41, 5.74) is 0.465. The molecule has 2 amide bonds. The standard InChI is InChI=1S/C15H19N3O3/c1-3-7-17-14(19)10-18(2)15(20)11-21-13-6-4-5-12(8-13)9-16/h4-6,8H,3,7,10-11H2,1-2H3,(H,17,19). The molecule has 0 atom stereocenters. The van der Waals surface area contributed by atoms with E-state index >= 15 is 0 Å². The monoisotopic (exact) mass is 289 g/mol. The summed E-state index contributed by atoms with van der Waals surface area (Å²) >= 11 is 0. The lowest BCUT2D eigenvalue weighted by atomic mass is 10.2. The molecular formula is C15H19N3O3. The van der Waals surface area contributed by atoms with Crippen LogP contribution in [0.4, 0.5) is 0 Å². The van der Waals surface area contributed by atoms with E-state index in [1.54, 1.807) is 31.3 Å². The Hall–Kier alpha value is -2.55. The van der Waals surface area contributed by atoms with E-state index < -0.39 is 0 Å². The van der Waals surface area contributed by atoms with Gasteiger partial charge in [0.2, 0.25) is 5.91 Å². The SMILES string of the molecule is CCCNC(=O)CN(C)C(=O)COc1cccc(C#N)c1. The summed E-state index contributed by atoms with van der Waals surface area (Å²) in [7, 11) is 1.54. The van der Waals surface area contributed by atoms with Gasteiger partial charge in [-0.2, -0.15) is 5.26 Å². The highest BCUT2D eigenvalue weighted by Crippen LogP contribution is 2.12. The lowest BCUT2D eigenvalue weighted by Gasteiger charge is -2.17. The van der Waals surface area contributed by atoms with Crippen LogP contribution >= 0.6 is 0 Å². The second-order valence-corrected chi connectivity index (χ2v) is 4.53. The first kappa shape index (κ1) is 16.5. The number of rotatable bonds is 7. The van der Waals surface area contributed by atoms with Crippen molar-refractivity contribution < 1.29 is 14.3 Å². The largest absolute Gasteiger partial charge is 0.484 e. The second-order valence-electron chi connectivity index (χ2n) is 4.53. The van der Waals surface area contributed by atoms with Crippen LogP contribution < -0.4 is 10.1 Å². The average molecular weight is 289 g/mol. The van der Waals surface area contributed by atoms with Gasteiger partial charge in [0.15, 0.2) is 6.61 Å². The molecule has 0 bridgehead atoms. The minimum absolute atomic E-state index is 0.000425. The number of carbonyl (C=O) groups excluding carboxylic acids is 2. The predicted octanol–water partition coefficient (Wildman–Crippen LogP) is 0.922. The van der Waals surface area contributed by atoms with Gasteiger partial charge < -0.3 is 15.0 Å². The summed E-state index contributed by atoms with van der Waals surface area (Å²) in [5.74, 6) is -0.0468. The fraction of sp³-hybridized carbons (Fsp3) is 0.400. The van der Waals surface area contributed by atoms with Gasteiger partial charge in [-0.15, -0.1) is 0 Å². The highest BCUT2D eigenvalue weighted by molar-refractivity contribution is 5.85. The van der Waals surface area contributed by atoms with Crippen LogP contribution in [0.15, 0.2) is 24.3 Å². The normalized spacial score (nSPS) is 9.57. The molecule has 0 aromatic heterocycles. The van der Waals surface area contributed by atoms with Gasteiger partial charge in [-0.25, -0.2) is 0 Å². The van der Waals surface area contributed by atoms with Crippen LogP contribution in [-0.2, 0) is 9.59 Å². The van der Waals surface area contributed by atoms with Crippen LogP contribution in [0.5, 0.6) is 5.75 Å². The van der Waals surface area contributed by atoms with Crippen molar-refractivity contribution in [3.8, 4) is 11.8 Å². The zero-order valence-corrected chi connectivity index (χ0v) is 12.3. The van der Waals surface area contributed by atoms with Gasteiger partial charge in [0.05, 0.1) is 18.2 Å². The highest BCUT2D eigenvalue weighted by atomic mass is 16.5. The Morgan fingerprint density at radius 1 is 1.43 bits per heavy atom. The molecule has 0 spiro atoms. The summed E-state index contributed by atoms with van der Waals surface area (Å²) in [6, 6.07) is 8.55. The lowest BCUT2D eigenvalue weighted by Crippen LogP contribution is -2.40. The molecular weight excluding hydrogens is 270 g/mol. The molecule has 21 heavy (non-hydrogen) atoms. The molecule has 1 rings (SSSR count). The molecule has 0 aliphatic carbocycles. The number of ether oxygens (including phenoxy) is 1. The van der Waals surface area contributed by atoms with E-state index in [4.69, 9.17) is 10.00 Å². The molecule has 0 unspecified atom stereocenters.